The van der Waals surface area contributed by atoms with E-state index in [0.717, 1.165) is 42.3 Å². The van der Waals surface area contributed by atoms with Gasteiger partial charge >= 0.3 is 0 Å². The number of hydrogen-bond acceptors (Lipinski definition) is 3. The van der Waals surface area contributed by atoms with Gasteiger partial charge in [-0.05, 0) is 54.1 Å². The SMILES string of the molecule is CC(C)[C@@H](NC(=O)Cc1ccc2ccccc2c1)C(=O)NC[C@H]1CCCNC1. The topological polar surface area (TPSA) is 70.2 Å². The van der Waals surface area contributed by atoms with E-state index in [1.54, 1.807) is 0 Å². The molecule has 1 aliphatic heterocycles. The quantitative estimate of drug-likeness (QED) is 0.691. The molecule has 150 valence electrons. The molecule has 0 aromatic heterocycles. The van der Waals surface area contributed by atoms with E-state index in [2.05, 4.69) is 22.0 Å². The molecule has 1 heterocycles. The maximum atomic E-state index is 12.6. The standard InChI is InChI=1S/C23H31N3O2/c1-16(2)22(23(28)25-15-18-6-5-11-24-14-18)26-21(27)13-17-9-10-19-7-3-4-8-20(19)12-17/h3-4,7-10,12,16,18,22,24H,5-6,11,13-15H2,1-2H3,(H,25,28)(H,26,27)/t18-,22+/m0/s1. The lowest BCUT2D eigenvalue weighted by Gasteiger charge is -2.26. The van der Waals surface area contributed by atoms with Crippen LogP contribution in [-0.4, -0.2) is 37.5 Å². The third-order valence-electron chi connectivity index (χ3n) is 5.41. The second kappa shape index (κ2) is 9.69. The molecule has 2 aromatic carbocycles. The van der Waals surface area contributed by atoms with E-state index in [4.69, 9.17) is 0 Å². The van der Waals surface area contributed by atoms with Gasteiger partial charge in [0.15, 0.2) is 0 Å². The maximum absolute atomic E-state index is 12.6. The molecule has 0 saturated carbocycles. The largest absolute Gasteiger partial charge is 0.354 e. The summed E-state index contributed by atoms with van der Waals surface area (Å²) in [6.07, 6.45) is 2.55. The first-order valence-corrected chi connectivity index (χ1v) is 10.3. The highest BCUT2D eigenvalue weighted by Crippen LogP contribution is 2.16. The molecule has 1 fully saturated rings. The van der Waals surface area contributed by atoms with Gasteiger partial charge in [0.05, 0.1) is 6.42 Å². The highest BCUT2D eigenvalue weighted by atomic mass is 16.2. The molecule has 0 bridgehead atoms. The van der Waals surface area contributed by atoms with Crippen LogP contribution in [0.2, 0.25) is 0 Å². The number of carbonyl (C=O) groups excluding carboxylic acids is 2. The van der Waals surface area contributed by atoms with Crippen LogP contribution in [0.15, 0.2) is 42.5 Å². The van der Waals surface area contributed by atoms with Gasteiger partial charge < -0.3 is 16.0 Å². The summed E-state index contributed by atoms with van der Waals surface area (Å²) in [4.78, 5) is 25.2. The van der Waals surface area contributed by atoms with E-state index in [1.165, 1.54) is 0 Å². The Labute approximate surface area is 167 Å². The van der Waals surface area contributed by atoms with Crippen LogP contribution in [-0.2, 0) is 16.0 Å². The molecule has 2 aromatic rings. The normalized spacial score (nSPS) is 18.0. The Morgan fingerprint density at radius 2 is 1.93 bits per heavy atom. The summed E-state index contributed by atoms with van der Waals surface area (Å²) in [6.45, 7) is 6.59. The van der Waals surface area contributed by atoms with Gasteiger partial charge in [-0.25, -0.2) is 0 Å². The number of amides is 2. The Morgan fingerprint density at radius 1 is 1.14 bits per heavy atom. The Morgan fingerprint density at radius 3 is 2.64 bits per heavy atom. The highest BCUT2D eigenvalue weighted by molar-refractivity contribution is 5.89. The summed E-state index contributed by atoms with van der Waals surface area (Å²) in [6, 6.07) is 13.6. The van der Waals surface area contributed by atoms with Crippen LogP contribution in [0.4, 0.5) is 0 Å². The Kier molecular flexibility index (Phi) is 7.04. The summed E-state index contributed by atoms with van der Waals surface area (Å²) in [5, 5.41) is 11.6. The van der Waals surface area contributed by atoms with Gasteiger partial charge in [0.2, 0.25) is 11.8 Å². The lowest BCUT2D eigenvalue weighted by molar-refractivity contribution is -0.129. The molecule has 5 heteroatoms. The van der Waals surface area contributed by atoms with Crippen molar-refractivity contribution in [3.05, 3.63) is 48.0 Å². The molecule has 1 aliphatic rings. The van der Waals surface area contributed by atoms with Crippen LogP contribution < -0.4 is 16.0 Å². The fourth-order valence-corrected chi connectivity index (χ4v) is 3.75. The Balaban J connectivity index is 1.55. The zero-order valence-electron chi connectivity index (χ0n) is 16.8. The monoisotopic (exact) mass is 381 g/mol. The summed E-state index contributed by atoms with van der Waals surface area (Å²) in [7, 11) is 0. The van der Waals surface area contributed by atoms with Crippen molar-refractivity contribution in [2.24, 2.45) is 11.8 Å². The highest BCUT2D eigenvalue weighted by Gasteiger charge is 2.25. The van der Waals surface area contributed by atoms with E-state index in [-0.39, 0.29) is 24.2 Å². The molecule has 0 aliphatic carbocycles. The summed E-state index contributed by atoms with van der Waals surface area (Å²) in [5.41, 5.74) is 0.951. The Hall–Kier alpha value is -2.40. The molecule has 2 amide bonds. The van der Waals surface area contributed by atoms with Crippen molar-refractivity contribution < 1.29 is 9.59 Å². The summed E-state index contributed by atoms with van der Waals surface area (Å²) < 4.78 is 0. The van der Waals surface area contributed by atoms with E-state index in [0.29, 0.717) is 12.5 Å². The van der Waals surface area contributed by atoms with Crippen LogP contribution >= 0.6 is 0 Å². The van der Waals surface area contributed by atoms with Crippen molar-refractivity contribution in [3.63, 3.8) is 0 Å². The van der Waals surface area contributed by atoms with E-state index >= 15 is 0 Å². The first-order chi connectivity index (χ1) is 13.5. The smallest absolute Gasteiger partial charge is 0.242 e. The van der Waals surface area contributed by atoms with Gasteiger partial charge in [0.25, 0.3) is 0 Å². The van der Waals surface area contributed by atoms with Crippen molar-refractivity contribution in [2.75, 3.05) is 19.6 Å². The molecule has 1 saturated heterocycles. The van der Waals surface area contributed by atoms with Crippen LogP contribution in [0.1, 0.15) is 32.3 Å². The lowest BCUT2D eigenvalue weighted by Crippen LogP contribution is -2.51. The predicted molar refractivity (Wildman–Crippen MR) is 113 cm³/mol. The van der Waals surface area contributed by atoms with Crippen molar-refractivity contribution >= 4 is 22.6 Å². The van der Waals surface area contributed by atoms with Crippen LogP contribution in [0, 0.1) is 11.8 Å². The average Bonchev–Trinajstić information content (AvgIpc) is 2.70. The zero-order valence-corrected chi connectivity index (χ0v) is 16.8. The van der Waals surface area contributed by atoms with Crippen molar-refractivity contribution in [2.45, 2.75) is 39.2 Å². The van der Waals surface area contributed by atoms with Crippen molar-refractivity contribution in [3.8, 4) is 0 Å². The minimum Gasteiger partial charge on any atom is -0.354 e. The van der Waals surface area contributed by atoms with E-state index < -0.39 is 6.04 Å². The molecular formula is C23H31N3O2. The first-order valence-electron chi connectivity index (χ1n) is 10.3. The lowest BCUT2D eigenvalue weighted by atomic mass is 9.98. The second-order valence-corrected chi connectivity index (χ2v) is 8.11. The van der Waals surface area contributed by atoms with Crippen LogP contribution in [0.3, 0.4) is 0 Å². The number of piperidine rings is 1. The second-order valence-electron chi connectivity index (χ2n) is 8.11. The number of nitrogens with one attached hydrogen (secondary N) is 3. The van der Waals surface area contributed by atoms with Gasteiger partial charge in [0.1, 0.15) is 6.04 Å². The molecule has 2 atom stereocenters. The Bertz CT molecular complexity index is 812. The fourth-order valence-electron chi connectivity index (χ4n) is 3.75. The minimum atomic E-state index is -0.510. The number of benzene rings is 2. The average molecular weight is 382 g/mol. The van der Waals surface area contributed by atoms with Crippen LogP contribution in [0.25, 0.3) is 10.8 Å². The first kappa shape index (κ1) is 20.3. The van der Waals surface area contributed by atoms with Crippen molar-refractivity contribution in [1.82, 2.24) is 16.0 Å². The minimum absolute atomic E-state index is 0.0324. The summed E-state index contributed by atoms with van der Waals surface area (Å²) in [5.74, 6) is 0.291. The molecule has 0 unspecified atom stereocenters. The molecule has 3 rings (SSSR count). The van der Waals surface area contributed by atoms with Gasteiger partial charge in [-0.1, -0.05) is 56.3 Å². The number of rotatable bonds is 7. The van der Waals surface area contributed by atoms with Gasteiger partial charge in [-0.15, -0.1) is 0 Å². The number of hydrogen-bond donors (Lipinski definition) is 3. The molecule has 0 radical (unpaired) electrons. The third-order valence-corrected chi connectivity index (χ3v) is 5.41. The molecular weight excluding hydrogens is 350 g/mol. The predicted octanol–water partition coefficient (Wildman–Crippen LogP) is 2.64. The zero-order chi connectivity index (χ0) is 19.9. The van der Waals surface area contributed by atoms with Gasteiger partial charge in [0, 0.05) is 6.54 Å². The fraction of sp³-hybridized carbons (Fsp3) is 0.478. The van der Waals surface area contributed by atoms with Gasteiger partial charge in [-0.2, -0.15) is 0 Å². The van der Waals surface area contributed by atoms with E-state index in [9.17, 15) is 9.59 Å². The number of carbonyl (C=O) groups is 2. The molecule has 0 spiro atoms. The van der Waals surface area contributed by atoms with Crippen LogP contribution in [0.5, 0.6) is 0 Å². The molecule has 5 nitrogen and oxygen atoms in total. The van der Waals surface area contributed by atoms with Gasteiger partial charge in [-0.3, -0.25) is 9.59 Å². The maximum Gasteiger partial charge on any atom is 0.242 e. The van der Waals surface area contributed by atoms with E-state index in [1.807, 2.05) is 50.2 Å². The molecule has 3 N–H and O–H groups in total. The number of fused-ring (bicyclic) bond motifs is 1. The third kappa shape index (κ3) is 5.55. The van der Waals surface area contributed by atoms with Crippen molar-refractivity contribution in [1.29, 1.82) is 0 Å². The molecule has 28 heavy (non-hydrogen) atoms. The summed E-state index contributed by atoms with van der Waals surface area (Å²) >= 11 is 0.